The fourth-order valence-corrected chi connectivity index (χ4v) is 7.40. The maximum atomic E-state index is 5.46. The molecule has 0 saturated heterocycles. The topological polar surface area (TPSA) is 30.7 Å². The molecule has 47 heavy (non-hydrogen) atoms. The highest BCUT2D eigenvalue weighted by atomic mass is 15.0. The molecular formula is C44H27N3. The van der Waals surface area contributed by atoms with Gasteiger partial charge in [0.15, 0.2) is 0 Å². The van der Waals surface area contributed by atoms with Gasteiger partial charge in [0.2, 0.25) is 0 Å². The lowest BCUT2D eigenvalue weighted by molar-refractivity contribution is 1.19. The third-order valence-corrected chi connectivity index (χ3v) is 9.53. The molecule has 8 aromatic carbocycles. The van der Waals surface area contributed by atoms with Gasteiger partial charge in [-0.25, -0.2) is 9.97 Å². The second-order valence-electron chi connectivity index (χ2n) is 12.2. The molecule has 0 aliphatic rings. The van der Waals surface area contributed by atoms with Crippen LogP contribution in [0, 0.1) is 0 Å². The van der Waals surface area contributed by atoms with Crippen molar-refractivity contribution in [2.24, 2.45) is 0 Å². The predicted molar refractivity (Wildman–Crippen MR) is 197 cm³/mol. The number of hydrogen-bond acceptors (Lipinski definition) is 2. The summed E-state index contributed by atoms with van der Waals surface area (Å²) < 4.78 is 2.41. The van der Waals surface area contributed by atoms with Gasteiger partial charge in [0, 0.05) is 33.0 Å². The van der Waals surface area contributed by atoms with Gasteiger partial charge in [-0.15, -0.1) is 0 Å². The lowest BCUT2D eigenvalue weighted by Crippen LogP contribution is -1.97. The Hall–Kier alpha value is -6.32. The molecule has 0 aliphatic carbocycles. The third kappa shape index (κ3) is 3.93. The lowest BCUT2D eigenvalue weighted by atomic mass is 9.98. The van der Waals surface area contributed by atoms with Crippen molar-refractivity contribution in [1.29, 1.82) is 0 Å². The van der Waals surface area contributed by atoms with Gasteiger partial charge in [-0.1, -0.05) is 133 Å². The highest BCUT2D eigenvalue weighted by Gasteiger charge is 2.18. The zero-order chi connectivity index (χ0) is 30.9. The Bertz CT molecular complexity index is 2830. The number of benzene rings is 8. The average molecular weight is 598 g/mol. The molecule has 10 rings (SSSR count). The van der Waals surface area contributed by atoms with E-state index in [1.54, 1.807) is 0 Å². The Morgan fingerprint density at radius 1 is 0.383 bits per heavy atom. The second kappa shape index (κ2) is 10.1. The molecule has 2 heterocycles. The first-order chi connectivity index (χ1) is 23.3. The Balaban J connectivity index is 1.30. The standard InChI is InChI=1S/C44H27N3/c1-3-12-31(13-4-1)42-43(32-14-5-2-6-15-32)46-44-37(45-42)25-22-30-20-19-29-21-24-33(27-36(29)40(30)44)47-38-18-10-9-17-35(38)41-34-16-8-7-11-28(34)23-26-39(41)47/h1-27H. The summed E-state index contributed by atoms with van der Waals surface area (Å²) >= 11 is 0. The summed E-state index contributed by atoms with van der Waals surface area (Å²) in [4.78, 5) is 10.8. The summed E-state index contributed by atoms with van der Waals surface area (Å²) in [6.07, 6.45) is 0. The van der Waals surface area contributed by atoms with Crippen LogP contribution in [0.3, 0.4) is 0 Å². The number of hydrogen-bond donors (Lipinski definition) is 0. The summed E-state index contributed by atoms with van der Waals surface area (Å²) in [5.41, 5.74) is 9.21. The first kappa shape index (κ1) is 26.0. The SMILES string of the molecule is c1ccc(-c2nc3ccc4ccc5ccc(-n6c7ccccc7c7c8ccccc8ccc76)cc5c4c3nc2-c2ccccc2)cc1. The van der Waals surface area contributed by atoms with E-state index in [1.807, 2.05) is 12.1 Å². The van der Waals surface area contributed by atoms with Crippen LogP contribution in [-0.2, 0) is 0 Å². The van der Waals surface area contributed by atoms with Gasteiger partial charge in [0.25, 0.3) is 0 Å². The third-order valence-electron chi connectivity index (χ3n) is 9.53. The van der Waals surface area contributed by atoms with Crippen molar-refractivity contribution in [3.8, 4) is 28.2 Å². The molecule has 3 nitrogen and oxygen atoms in total. The first-order valence-corrected chi connectivity index (χ1v) is 16.0. The minimum atomic E-state index is 0.886. The van der Waals surface area contributed by atoms with Crippen molar-refractivity contribution < 1.29 is 0 Å². The average Bonchev–Trinajstić information content (AvgIpc) is 3.49. The second-order valence-corrected chi connectivity index (χ2v) is 12.2. The van der Waals surface area contributed by atoms with Crippen LogP contribution >= 0.6 is 0 Å². The minimum absolute atomic E-state index is 0.886. The Kier molecular flexibility index (Phi) is 5.57. The zero-order valence-corrected chi connectivity index (χ0v) is 25.4. The summed E-state index contributed by atoms with van der Waals surface area (Å²) in [5, 5.41) is 9.68. The summed E-state index contributed by atoms with van der Waals surface area (Å²) in [5.74, 6) is 0. The predicted octanol–water partition coefficient (Wildman–Crippen LogP) is 11.5. The molecule has 0 atom stereocenters. The summed E-state index contributed by atoms with van der Waals surface area (Å²) in [7, 11) is 0. The van der Waals surface area contributed by atoms with Crippen molar-refractivity contribution in [3.63, 3.8) is 0 Å². The van der Waals surface area contributed by atoms with E-state index >= 15 is 0 Å². The van der Waals surface area contributed by atoms with Gasteiger partial charge in [-0.05, 0) is 57.3 Å². The van der Waals surface area contributed by atoms with E-state index in [0.29, 0.717) is 0 Å². The molecule has 0 radical (unpaired) electrons. The van der Waals surface area contributed by atoms with Crippen LogP contribution in [0.25, 0.3) is 93.4 Å². The van der Waals surface area contributed by atoms with Gasteiger partial charge < -0.3 is 4.57 Å². The molecule has 0 unspecified atom stereocenters. The quantitative estimate of drug-likeness (QED) is 0.190. The first-order valence-electron chi connectivity index (χ1n) is 16.0. The van der Waals surface area contributed by atoms with Crippen LogP contribution in [0.4, 0.5) is 0 Å². The van der Waals surface area contributed by atoms with E-state index in [-0.39, 0.29) is 0 Å². The molecule has 10 aromatic rings. The molecule has 2 aromatic heterocycles. The molecule has 0 aliphatic heterocycles. The summed E-state index contributed by atoms with van der Waals surface area (Å²) in [6, 6.07) is 58.3. The van der Waals surface area contributed by atoms with Crippen LogP contribution in [0.5, 0.6) is 0 Å². The largest absolute Gasteiger partial charge is 0.309 e. The number of fused-ring (bicyclic) bond motifs is 10. The van der Waals surface area contributed by atoms with E-state index < -0.39 is 0 Å². The number of para-hydroxylation sites is 1. The van der Waals surface area contributed by atoms with Gasteiger partial charge in [-0.3, -0.25) is 0 Å². The van der Waals surface area contributed by atoms with Crippen molar-refractivity contribution in [2.75, 3.05) is 0 Å². The fourth-order valence-electron chi connectivity index (χ4n) is 7.40. The molecule has 0 amide bonds. The van der Waals surface area contributed by atoms with Crippen LogP contribution in [0.1, 0.15) is 0 Å². The molecular weight excluding hydrogens is 571 g/mol. The molecule has 0 N–H and O–H groups in total. The molecule has 0 bridgehead atoms. The minimum Gasteiger partial charge on any atom is -0.309 e. The molecule has 0 fully saturated rings. The van der Waals surface area contributed by atoms with Crippen molar-refractivity contribution in [3.05, 3.63) is 164 Å². The maximum Gasteiger partial charge on any atom is 0.0979 e. The molecule has 3 heteroatoms. The Morgan fingerprint density at radius 3 is 1.79 bits per heavy atom. The highest BCUT2D eigenvalue weighted by Crippen LogP contribution is 2.40. The van der Waals surface area contributed by atoms with Gasteiger partial charge in [0.1, 0.15) is 0 Å². The molecule has 0 saturated carbocycles. The van der Waals surface area contributed by atoms with E-state index in [2.05, 4.69) is 156 Å². The van der Waals surface area contributed by atoms with Gasteiger partial charge in [0.05, 0.1) is 33.5 Å². The lowest BCUT2D eigenvalue weighted by Gasteiger charge is -2.14. The van der Waals surface area contributed by atoms with Crippen molar-refractivity contribution in [1.82, 2.24) is 14.5 Å². The van der Waals surface area contributed by atoms with E-state index in [9.17, 15) is 0 Å². The van der Waals surface area contributed by atoms with Crippen LogP contribution in [-0.4, -0.2) is 14.5 Å². The normalized spacial score (nSPS) is 11.8. The van der Waals surface area contributed by atoms with Crippen LogP contribution in [0.15, 0.2) is 164 Å². The van der Waals surface area contributed by atoms with Crippen molar-refractivity contribution in [2.45, 2.75) is 0 Å². The highest BCUT2D eigenvalue weighted by molar-refractivity contribution is 6.22. The van der Waals surface area contributed by atoms with E-state index in [1.165, 1.54) is 38.0 Å². The van der Waals surface area contributed by atoms with Gasteiger partial charge in [-0.2, -0.15) is 0 Å². The Labute approximate surface area is 271 Å². The van der Waals surface area contributed by atoms with Gasteiger partial charge >= 0.3 is 0 Å². The number of rotatable bonds is 3. The molecule has 218 valence electrons. The number of nitrogens with zero attached hydrogens (tertiary/aromatic N) is 3. The number of aromatic nitrogens is 3. The molecule has 0 spiro atoms. The van der Waals surface area contributed by atoms with Crippen LogP contribution < -0.4 is 0 Å². The summed E-state index contributed by atoms with van der Waals surface area (Å²) in [6.45, 7) is 0. The smallest absolute Gasteiger partial charge is 0.0979 e. The van der Waals surface area contributed by atoms with Crippen molar-refractivity contribution >= 4 is 65.2 Å². The fraction of sp³-hybridized carbons (Fsp3) is 0. The zero-order valence-electron chi connectivity index (χ0n) is 25.4. The maximum absolute atomic E-state index is 5.46. The van der Waals surface area contributed by atoms with E-state index in [4.69, 9.17) is 9.97 Å². The van der Waals surface area contributed by atoms with Crippen LogP contribution in [0.2, 0.25) is 0 Å². The monoisotopic (exact) mass is 597 g/mol. The Morgan fingerprint density at radius 2 is 0.979 bits per heavy atom. The van der Waals surface area contributed by atoms with E-state index in [0.717, 1.165) is 55.4 Å².